The van der Waals surface area contributed by atoms with Gasteiger partial charge in [-0.3, -0.25) is 13.9 Å². The number of carbonyl (C=O) groups is 2. The number of halogens is 2. The van der Waals surface area contributed by atoms with Gasteiger partial charge in [0.05, 0.1) is 11.9 Å². The van der Waals surface area contributed by atoms with E-state index >= 15 is 0 Å². The monoisotopic (exact) mass is 575 g/mol. The molecule has 1 unspecified atom stereocenters. The van der Waals surface area contributed by atoms with E-state index in [1.165, 1.54) is 23.1 Å². The van der Waals surface area contributed by atoms with Crippen LogP contribution in [0.15, 0.2) is 78.9 Å². The van der Waals surface area contributed by atoms with E-state index in [1.807, 2.05) is 67.6 Å². The fourth-order valence-corrected chi connectivity index (χ4v) is 5.34. The van der Waals surface area contributed by atoms with Crippen molar-refractivity contribution in [3.8, 4) is 0 Å². The quantitative estimate of drug-likeness (QED) is 0.332. The summed E-state index contributed by atoms with van der Waals surface area (Å²) in [5.74, 6) is -0.848. The van der Waals surface area contributed by atoms with Gasteiger partial charge in [-0.25, -0.2) is 8.42 Å². The largest absolute Gasteiger partial charge is 0.354 e. The summed E-state index contributed by atoms with van der Waals surface area (Å²) in [6, 6.07) is 22.1. The molecule has 0 bridgehead atoms. The Morgan fingerprint density at radius 2 is 1.45 bits per heavy atom. The first-order chi connectivity index (χ1) is 18.1. The number of nitrogens with one attached hydrogen (secondary N) is 1. The predicted molar refractivity (Wildman–Crippen MR) is 153 cm³/mol. The van der Waals surface area contributed by atoms with E-state index in [4.69, 9.17) is 23.2 Å². The Labute approximate surface area is 234 Å². The van der Waals surface area contributed by atoms with Crippen LogP contribution in [0.4, 0.5) is 5.69 Å². The van der Waals surface area contributed by atoms with Crippen molar-refractivity contribution in [3.05, 3.63) is 100 Å². The molecule has 1 atom stereocenters. The highest BCUT2D eigenvalue weighted by atomic mass is 35.5. The minimum atomic E-state index is -3.90. The van der Waals surface area contributed by atoms with Crippen LogP contribution in [0.3, 0.4) is 0 Å². The summed E-state index contributed by atoms with van der Waals surface area (Å²) < 4.78 is 26.5. The number of anilines is 1. The lowest BCUT2D eigenvalue weighted by Gasteiger charge is -2.33. The summed E-state index contributed by atoms with van der Waals surface area (Å²) in [6.45, 7) is 1.98. The zero-order chi connectivity index (χ0) is 27.7. The van der Waals surface area contributed by atoms with Gasteiger partial charge in [0.2, 0.25) is 21.8 Å². The van der Waals surface area contributed by atoms with Crippen LogP contribution in [0.25, 0.3) is 0 Å². The van der Waals surface area contributed by atoms with Crippen molar-refractivity contribution in [3.63, 3.8) is 0 Å². The minimum absolute atomic E-state index is 0.116. The maximum atomic E-state index is 13.9. The van der Waals surface area contributed by atoms with E-state index in [-0.39, 0.29) is 34.6 Å². The molecule has 0 aliphatic rings. The van der Waals surface area contributed by atoms with Crippen LogP contribution in [0.5, 0.6) is 0 Å². The SMILES string of the molecule is CCCNC(=O)C(Cc1ccccc1)N(Cc1ccccc1)C(=O)CN(c1cc(Cl)cc(Cl)c1)S(C)(=O)=O. The van der Waals surface area contributed by atoms with Gasteiger partial charge in [-0.1, -0.05) is 90.8 Å². The molecule has 10 heteroatoms. The molecule has 3 rings (SSSR count). The third-order valence-electron chi connectivity index (χ3n) is 5.83. The zero-order valence-corrected chi connectivity index (χ0v) is 23.6. The van der Waals surface area contributed by atoms with Crippen LogP contribution in [-0.4, -0.2) is 50.5 Å². The average Bonchev–Trinajstić information content (AvgIpc) is 2.87. The first-order valence-electron chi connectivity index (χ1n) is 12.2. The van der Waals surface area contributed by atoms with Gasteiger partial charge in [-0.05, 0) is 35.7 Å². The van der Waals surface area contributed by atoms with Crippen molar-refractivity contribution in [2.24, 2.45) is 0 Å². The number of hydrogen-bond acceptors (Lipinski definition) is 4. The number of benzene rings is 3. The first-order valence-corrected chi connectivity index (χ1v) is 14.8. The molecule has 0 radical (unpaired) electrons. The molecule has 0 aliphatic carbocycles. The Hall–Kier alpha value is -3.07. The van der Waals surface area contributed by atoms with Crippen molar-refractivity contribution in [1.29, 1.82) is 0 Å². The van der Waals surface area contributed by atoms with Crippen LogP contribution in [0.2, 0.25) is 10.0 Å². The normalized spacial score (nSPS) is 12.0. The fraction of sp³-hybridized carbons (Fsp3) is 0.286. The molecule has 1 N–H and O–H groups in total. The van der Waals surface area contributed by atoms with Gasteiger partial charge < -0.3 is 10.2 Å². The topological polar surface area (TPSA) is 86.8 Å². The van der Waals surface area contributed by atoms with Gasteiger partial charge in [-0.2, -0.15) is 0 Å². The van der Waals surface area contributed by atoms with Crippen molar-refractivity contribution in [2.75, 3.05) is 23.7 Å². The Morgan fingerprint density at radius 1 is 0.895 bits per heavy atom. The van der Waals surface area contributed by atoms with E-state index in [2.05, 4.69) is 5.32 Å². The maximum Gasteiger partial charge on any atom is 0.244 e. The molecule has 7 nitrogen and oxygen atoms in total. The lowest BCUT2D eigenvalue weighted by Crippen LogP contribution is -2.53. The van der Waals surface area contributed by atoms with Gasteiger partial charge >= 0.3 is 0 Å². The first kappa shape index (κ1) is 29.5. The minimum Gasteiger partial charge on any atom is -0.354 e. The van der Waals surface area contributed by atoms with Gasteiger partial charge in [-0.15, -0.1) is 0 Å². The van der Waals surface area contributed by atoms with Crippen LogP contribution in [0.1, 0.15) is 24.5 Å². The molecule has 202 valence electrons. The van der Waals surface area contributed by atoms with Crippen molar-refractivity contribution in [1.82, 2.24) is 10.2 Å². The summed E-state index contributed by atoms with van der Waals surface area (Å²) in [5, 5.41) is 3.37. The molecule has 0 aliphatic heterocycles. The number of nitrogens with zero attached hydrogens (tertiary/aromatic N) is 2. The number of sulfonamides is 1. The molecule has 3 aromatic carbocycles. The second-order valence-electron chi connectivity index (χ2n) is 8.90. The van der Waals surface area contributed by atoms with Crippen molar-refractivity contribution >= 4 is 50.7 Å². The lowest BCUT2D eigenvalue weighted by molar-refractivity contribution is -0.140. The average molecular weight is 577 g/mol. The molecular weight excluding hydrogens is 545 g/mol. The summed E-state index contributed by atoms with van der Waals surface area (Å²) >= 11 is 12.3. The van der Waals surface area contributed by atoms with Crippen LogP contribution >= 0.6 is 23.2 Å². The van der Waals surface area contributed by atoms with Gasteiger partial charge in [0, 0.05) is 29.6 Å². The number of hydrogen-bond donors (Lipinski definition) is 1. The van der Waals surface area contributed by atoms with Gasteiger partial charge in [0.1, 0.15) is 12.6 Å². The fourth-order valence-electron chi connectivity index (χ4n) is 4.00. The van der Waals surface area contributed by atoms with Gasteiger partial charge in [0.25, 0.3) is 0 Å². The lowest BCUT2D eigenvalue weighted by atomic mass is 10.0. The van der Waals surface area contributed by atoms with Crippen LogP contribution < -0.4 is 9.62 Å². The molecule has 3 aromatic rings. The van der Waals surface area contributed by atoms with E-state index in [9.17, 15) is 18.0 Å². The van der Waals surface area contributed by atoms with Crippen LogP contribution in [-0.2, 0) is 32.6 Å². The highest BCUT2D eigenvalue weighted by Gasteiger charge is 2.33. The van der Waals surface area contributed by atoms with E-state index in [0.717, 1.165) is 28.1 Å². The van der Waals surface area contributed by atoms with Crippen LogP contribution in [0, 0.1) is 0 Å². The summed E-state index contributed by atoms with van der Waals surface area (Å²) in [6.07, 6.45) is 2.00. The summed E-state index contributed by atoms with van der Waals surface area (Å²) in [4.78, 5) is 28.8. The summed E-state index contributed by atoms with van der Waals surface area (Å²) in [5.41, 5.74) is 1.84. The number of carbonyl (C=O) groups excluding carboxylic acids is 2. The molecule has 2 amide bonds. The molecule has 0 fully saturated rings. The Morgan fingerprint density at radius 3 is 1.97 bits per heavy atom. The smallest absolute Gasteiger partial charge is 0.244 e. The Kier molecular flexibility index (Phi) is 10.6. The zero-order valence-electron chi connectivity index (χ0n) is 21.3. The molecule has 0 aromatic heterocycles. The number of amides is 2. The van der Waals surface area contributed by atoms with Crippen molar-refractivity contribution in [2.45, 2.75) is 32.4 Å². The van der Waals surface area contributed by atoms with E-state index in [0.29, 0.717) is 6.54 Å². The molecule has 0 spiro atoms. The predicted octanol–water partition coefficient (Wildman–Crippen LogP) is 4.93. The second-order valence-corrected chi connectivity index (χ2v) is 11.7. The molecule has 38 heavy (non-hydrogen) atoms. The van der Waals surface area contributed by atoms with Gasteiger partial charge in [0.15, 0.2) is 0 Å². The molecule has 0 saturated heterocycles. The van der Waals surface area contributed by atoms with Crippen molar-refractivity contribution < 1.29 is 18.0 Å². The maximum absolute atomic E-state index is 13.9. The second kappa shape index (κ2) is 13.6. The Balaban J connectivity index is 2.04. The Bertz CT molecular complexity index is 1320. The summed E-state index contributed by atoms with van der Waals surface area (Å²) in [7, 11) is -3.90. The number of rotatable bonds is 12. The molecule has 0 saturated carbocycles. The molecular formula is C28H31Cl2N3O4S. The highest BCUT2D eigenvalue weighted by Crippen LogP contribution is 2.27. The third-order valence-corrected chi connectivity index (χ3v) is 7.41. The third kappa shape index (κ3) is 8.48. The standard InChI is InChI=1S/C28H31Cl2N3O4S/c1-3-14-31-28(35)26(15-21-10-6-4-7-11-21)32(19-22-12-8-5-9-13-22)27(34)20-33(38(2,36)37)25-17-23(29)16-24(30)18-25/h4-13,16-18,26H,3,14-15,19-20H2,1-2H3,(H,31,35). The van der Waals surface area contributed by atoms with E-state index in [1.54, 1.807) is 0 Å². The van der Waals surface area contributed by atoms with E-state index < -0.39 is 28.5 Å². The highest BCUT2D eigenvalue weighted by molar-refractivity contribution is 7.92. The molecule has 0 heterocycles.